The van der Waals surface area contributed by atoms with E-state index in [0.717, 1.165) is 38.1 Å². The summed E-state index contributed by atoms with van der Waals surface area (Å²) >= 11 is 0. The molecular formula is C20H32N2O. The van der Waals surface area contributed by atoms with E-state index < -0.39 is 0 Å². The second-order valence-electron chi connectivity index (χ2n) is 7.06. The number of amidine groups is 1. The number of nitrogens with one attached hydrogen (secondary N) is 1. The third-order valence-electron chi connectivity index (χ3n) is 4.91. The van der Waals surface area contributed by atoms with Gasteiger partial charge in [-0.3, -0.25) is 5.41 Å². The molecule has 1 aliphatic heterocycles. The minimum atomic E-state index is -0.00370. The highest BCUT2D eigenvalue weighted by molar-refractivity contribution is 5.96. The lowest BCUT2D eigenvalue weighted by atomic mass is 9.92. The summed E-state index contributed by atoms with van der Waals surface area (Å²) in [4.78, 5) is 2.19. The molecule has 1 saturated heterocycles. The summed E-state index contributed by atoms with van der Waals surface area (Å²) in [5.74, 6) is 0.648. The summed E-state index contributed by atoms with van der Waals surface area (Å²) in [5, 5.41) is 8.42. The highest BCUT2D eigenvalue weighted by Gasteiger charge is 2.31. The number of hydrogen-bond acceptors (Lipinski definition) is 2. The van der Waals surface area contributed by atoms with Crippen LogP contribution in [0.3, 0.4) is 0 Å². The fourth-order valence-electron chi connectivity index (χ4n) is 3.09. The van der Waals surface area contributed by atoms with E-state index in [9.17, 15) is 0 Å². The van der Waals surface area contributed by atoms with Crippen molar-refractivity contribution in [3.63, 3.8) is 0 Å². The van der Waals surface area contributed by atoms with E-state index in [1.165, 1.54) is 31.2 Å². The van der Waals surface area contributed by atoms with Crippen molar-refractivity contribution in [3.05, 3.63) is 35.4 Å². The first kappa shape index (κ1) is 18.0. The van der Waals surface area contributed by atoms with Crippen LogP contribution >= 0.6 is 0 Å². The Balaban J connectivity index is 1.78. The summed E-state index contributed by atoms with van der Waals surface area (Å²) in [6.07, 6.45) is 7.04. The second-order valence-corrected chi connectivity index (χ2v) is 7.06. The average molecular weight is 316 g/mol. The molecule has 1 N–H and O–H groups in total. The molecule has 0 saturated carbocycles. The van der Waals surface area contributed by atoms with Crippen LogP contribution in [0, 0.1) is 12.3 Å². The van der Waals surface area contributed by atoms with Gasteiger partial charge < -0.3 is 9.64 Å². The Morgan fingerprint density at radius 1 is 1.13 bits per heavy atom. The lowest BCUT2D eigenvalue weighted by Crippen LogP contribution is -2.46. The van der Waals surface area contributed by atoms with Crippen LogP contribution in [0.5, 0.6) is 0 Å². The van der Waals surface area contributed by atoms with Crippen molar-refractivity contribution in [2.24, 2.45) is 0 Å². The van der Waals surface area contributed by atoms with E-state index in [4.69, 9.17) is 10.1 Å². The predicted octanol–water partition coefficient (Wildman–Crippen LogP) is 4.77. The molecule has 0 radical (unpaired) electrons. The number of likely N-dealkylation sites (tertiary alicyclic amines) is 1. The van der Waals surface area contributed by atoms with Crippen LogP contribution in [0.1, 0.15) is 63.5 Å². The minimum Gasteiger partial charge on any atom is -0.375 e. The van der Waals surface area contributed by atoms with E-state index in [-0.39, 0.29) is 5.60 Å². The molecule has 23 heavy (non-hydrogen) atoms. The molecule has 0 bridgehead atoms. The lowest BCUT2D eigenvalue weighted by molar-refractivity contribution is -0.0639. The summed E-state index contributed by atoms with van der Waals surface area (Å²) in [5.41, 5.74) is 2.25. The van der Waals surface area contributed by atoms with Gasteiger partial charge in [0.1, 0.15) is 5.84 Å². The fraction of sp³-hybridized carbons (Fsp3) is 0.650. The Bertz CT molecular complexity index is 487. The topological polar surface area (TPSA) is 36.3 Å². The molecule has 0 spiro atoms. The first-order chi connectivity index (χ1) is 11.0. The van der Waals surface area contributed by atoms with Crippen LogP contribution < -0.4 is 0 Å². The molecule has 0 unspecified atom stereocenters. The smallest absolute Gasteiger partial charge is 0.128 e. The number of ether oxygens (including phenoxy) is 1. The standard InChI is InChI=1S/C20H32N2O/c1-4-5-6-7-16-23-20(3)12-14-22(15-13-20)19(21)18-10-8-17(2)9-11-18/h8-11,21H,4-7,12-16H2,1-3H3. The molecule has 1 aromatic rings. The number of rotatable bonds is 7. The van der Waals surface area contributed by atoms with Crippen LogP contribution in [0.2, 0.25) is 0 Å². The Hall–Kier alpha value is -1.35. The Labute approximate surface area is 141 Å². The van der Waals surface area contributed by atoms with Gasteiger partial charge in [0.15, 0.2) is 0 Å². The largest absolute Gasteiger partial charge is 0.375 e. The molecule has 3 nitrogen and oxygen atoms in total. The molecular weight excluding hydrogens is 284 g/mol. The molecule has 128 valence electrons. The second kappa shape index (κ2) is 8.49. The number of nitrogens with zero attached hydrogens (tertiary/aromatic N) is 1. The van der Waals surface area contributed by atoms with E-state index >= 15 is 0 Å². The first-order valence-electron chi connectivity index (χ1n) is 9.08. The van der Waals surface area contributed by atoms with E-state index in [0.29, 0.717) is 5.84 Å². The lowest BCUT2D eigenvalue weighted by Gasteiger charge is -2.40. The van der Waals surface area contributed by atoms with Crippen LogP contribution in [0.25, 0.3) is 0 Å². The zero-order valence-electron chi connectivity index (χ0n) is 15.0. The predicted molar refractivity (Wildman–Crippen MR) is 97.3 cm³/mol. The van der Waals surface area contributed by atoms with E-state index in [2.05, 4.69) is 49.9 Å². The van der Waals surface area contributed by atoms with Gasteiger partial charge in [-0.25, -0.2) is 0 Å². The van der Waals surface area contributed by atoms with Crippen LogP contribution in [-0.4, -0.2) is 36.0 Å². The SMILES string of the molecule is CCCCCCOC1(C)CCN(C(=N)c2ccc(C)cc2)CC1. The zero-order valence-corrected chi connectivity index (χ0v) is 15.0. The molecule has 1 aliphatic rings. The maximum atomic E-state index is 8.42. The third kappa shape index (κ3) is 5.35. The maximum Gasteiger partial charge on any atom is 0.128 e. The molecule has 1 fully saturated rings. The zero-order chi connectivity index (χ0) is 16.7. The summed E-state index contributed by atoms with van der Waals surface area (Å²) < 4.78 is 6.17. The van der Waals surface area contributed by atoms with Crippen molar-refractivity contribution in [1.29, 1.82) is 5.41 Å². The summed E-state index contributed by atoms with van der Waals surface area (Å²) in [6, 6.07) is 8.26. The van der Waals surface area contributed by atoms with Crippen molar-refractivity contribution in [3.8, 4) is 0 Å². The van der Waals surface area contributed by atoms with Gasteiger partial charge in [-0.1, -0.05) is 56.0 Å². The highest BCUT2D eigenvalue weighted by Crippen LogP contribution is 2.27. The third-order valence-corrected chi connectivity index (χ3v) is 4.91. The van der Waals surface area contributed by atoms with Gasteiger partial charge in [-0.15, -0.1) is 0 Å². The van der Waals surface area contributed by atoms with Gasteiger partial charge in [-0.2, -0.15) is 0 Å². The Kier molecular flexibility index (Phi) is 6.64. The summed E-state index contributed by atoms with van der Waals surface area (Å²) in [6.45, 7) is 9.26. The van der Waals surface area contributed by atoms with Crippen LogP contribution in [0.15, 0.2) is 24.3 Å². The van der Waals surface area contributed by atoms with Gasteiger partial charge in [-0.05, 0) is 33.1 Å². The van der Waals surface area contributed by atoms with Crippen molar-refractivity contribution in [1.82, 2.24) is 4.90 Å². The van der Waals surface area contributed by atoms with E-state index in [1.807, 2.05) is 0 Å². The van der Waals surface area contributed by atoms with Gasteiger partial charge in [0.2, 0.25) is 0 Å². The van der Waals surface area contributed by atoms with Crippen molar-refractivity contribution < 1.29 is 4.74 Å². The minimum absolute atomic E-state index is 0.00370. The molecule has 1 heterocycles. The number of unbranched alkanes of at least 4 members (excludes halogenated alkanes) is 3. The van der Waals surface area contributed by atoms with Gasteiger partial charge >= 0.3 is 0 Å². The maximum absolute atomic E-state index is 8.42. The average Bonchev–Trinajstić information content (AvgIpc) is 2.55. The van der Waals surface area contributed by atoms with E-state index in [1.54, 1.807) is 0 Å². The Morgan fingerprint density at radius 3 is 2.39 bits per heavy atom. The summed E-state index contributed by atoms with van der Waals surface area (Å²) in [7, 11) is 0. The van der Waals surface area contributed by atoms with Gasteiger partial charge in [0.25, 0.3) is 0 Å². The molecule has 0 aliphatic carbocycles. The first-order valence-corrected chi connectivity index (χ1v) is 9.08. The normalized spacial score (nSPS) is 17.3. The highest BCUT2D eigenvalue weighted by atomic mass is 16.5. The number of piperidine rings is 1. The van der Waals surface area contributed by atoms with Crippen LogP contribution in [-0.2, 0) is 4.74 Å². The molecule has 0 atom stereocenters. The molecule has 3 heteroatoms. The van der Waals surface area contributed by atoms with Gasteiger partial charge in [0, 0.05) is 25.3 Å². The number of hydrogen-bond donors (Lipinski definition) is 1. The van der Waals surface area contributed by atoms with Crippen molar-refractivity contribution >= 4 is 5.84 Å². The number of benzene rings is 1. The Morgan fingerprint density at radius 2 is 1.78 bits per heavy atom. The van der Waals surface area contributed by atoms with Crippen molar-refractivity contribution in [2.45, 2.75) is 64.9 Å². The molecule has 0 amide bonds. The van der Waals surface area contributed by atoms with Crippen molar-refractivity contribution in [2.75, 3.05) is 19.7 Å². The molecule has 0 aromatic heterocycles. The monoisotopic (exact) mass is 316 g/mol. The fourth-order valence-corrected chi connectivity index (χ4v) is 3.09. The number of aryl methyl sites for hydroxylation is 1. The van der Waals surface area contributed by atoms with Gasteiger partial charge in [0.05, 0.1) is 5.60 Å². The molecule has 2 rings (SSSR count). The molecule has 1 aromatic carbocycles. The van der Waals surface area contributed by atoms with Crippen LogP contribution in [0.4, 0.5) is 0 Å². The quantitative estimate of drug-likeness (QED) is 0.447.